The highest BCUT2D eigenvalue weighted by Gasteiger charge is 2.66. The summed E-state index contributed by atoms with van der Waals surface area (Å²) in [5.74, 6) is 0.733. The predicted molar refractivity (Wildman–Crippen MR) is 174 cm³/mol. The van der Waals surface area contributed by atoms with E-state index in [1.165, 1.54) is 10.4 Å². The van der Waals surface area contributed by atoms with Gasteiger partial charge in [0.15, 0.2) is 5.79 Å². The average Bonchev–Trinajstić information content (AvgIpc) is 3.59. The van der Waals surface area contributed by atoms with Crippen LogP contribution in [-0.2, 0) is 13.9 Å². The molecule has 0 bridgehead atoms. The molecule has 1 saturated heterocycles. The van der Waals surface area contributed by atoms with Gasteiger partial charge in [-0.1, -0.05) is 95.3 Å². The molecule has 3 saturated carbocycles. The molecule has 2 unspecified atom stereocenters. The normalized spacial score (nSPS) is 36.1. The lowest BCUT2D eigenvalue weighted by molar-refractivity contribution is -0.245. The first-order chi connectivity index (χ1) is 20.5. The van der Waals surface area contributed by atoms with Gasteiger partial charge in [-0.15, -0.1) is 0 Å². The van der Waals surface area contributed by atoms with E-state index in [0.717, 1.165) is 44.9 Å². The van der Waals surface area contributed by atoms with E-state index in [9.17, 15) is 10.2 Å². The minimum atomic E-state index is -2.65. The van der Waals surface area contributed by atoms with Crippen molar-refractivity contribution in [1.29, 1.82) is 0 Å². The van der Waals surface area contributed by atoms with Gasteiger partial charge in [-0.3, -0.25) is 0 Å². The maximum Gasteiger partial charge on any atom is 0.261 e. The lowest BCUT2D eigenvalue weighted by atomic mass is 9.50. The summed E-state index contributed by atoms with van der Waals surface area (Å²) in [7, 11) is -2.65. The molecule has 1 aliphatic heterocycles. The van der Waals surface area contributed by atoms with Gasteiger partial charge in [0, 0.05) is 18.4 Å². The summed E-state index contributed by atoms with van der Waals surface area (Å²) in [5, 5.41) is 24.5. The predicted octanol–water partition coefficient (Wildman–Crippen LogP) is 6.05. The summed E-state index contributed by atoms with van der Waals surface area (Å²) >= 11 is 0. The van der Waals surface area contributed by atoms with Crippen molar-refractivity contribution in [2.75, 3.05) is 19.8 Å². The lowest BCUT2D eigenvalue weighted by Gasteiger charge is -2.57. The molecule has 1 spiro atoms. The molecule has 4 aliphatic rings. The Morgan fingerprint density at radius 2 is 1.40 bits per heavy atom. The fraction of sp³-hybridized carbons (Fsp3) is 0.676. The molecular formula is C37H54O5Si. The van der Waals surface area contributed by atoms with Gasteiger partial charge in [0.2, 0.25) is 0 Å². The van der Waals surface area contributed by atoms with Crippen molar-refractivity contribution < 1.29 is 24.1 Å². The van der Waals surface area contributed by atoms with E-state index < -0.39 is 26.3 Å². The fourth-order valence-electron chi connectivity index (χ4n) is 10.2. The van der Waals surface area contributed by atoms with Crippen molar-refractivity contribution in [2.45, 2.75) is 109 Å². The summed E-state index contributed by atoms with van der Waals surface area (Å²) in [6, 6.07) is 21.9. The molecule has 0 amide bonds. The number of aliphatic hydroxyl groups excluding tert-OH is 2. The SMILES string of the molecule is CC(C)(C)[Si](OCC[C@H]1C2CCC3(OCCO3)[C@@]2(C)CCC1[C@@]1(C)CC[C@H](O)C[C@@H]1O)(c1ccccc1)c1ccccc1. The number of fused-ring (bicyclic) bond motifs is 2. The standard InChI is InChI=1S/C37H54O5Si/c1-34(2,3)43(28-12-8-6-9-13-28,29-14-10-7-11-15-29)42-23-19-30-31(35(4)20-16-27(38)26-33(35)39)17-21-36(5)32(30)18-22-37(36)40-24-25-41-37/h6-15,27,30-33,38-39H,16-26H2,1-5H3/t27-,30+,31?,32?,33-,35+,36-/m0/s1. The highest BCUT2D eigenvalue weighted by Crippen LogP contribution is 2.66. The first kappa shape index (κ1) is 31.4. The molecule has 43 heavy (non-hydrogen) atoms. The molecule has 236 valence electrons. The Labute approximate surface area is 260 Å². The van der Waals surface area contributed by atoms with Gasteiger partial charge in [-0.2, -0.15) is 0 Å². The zero-order valence-electron chi connectivity index (χ0n) is 27.1. The minimum Gasteiger partial charge on any atom is -0.407 e. The average molecular weight is 607 g/mol. The fourth-order valence-corrected chi connectivity index (χ4v) is 14.8. The summed E-state index contributed by atoms with van der Waals surface area (Å²) in [5.41, 5.74) is -0.257. The quantitative estimate of drug-likeness (QED) is 0.376. The molecule has 7 atom stereocenters. The lowest BCUT2D eigenvalue weighted by Crippen LogP contribution is -2.66. The van der Waals surface area contributed by atoms with Crippen molar-refractivity contribution >= 4 is 18.7 Å². The summed E-state index contributed by atoms with van der Waals surface area (Å²) in [6.07, 6.45) is 6.34. The van der Waals surface area contributed by atoms with Crippen LogP contribution in [0.15, 0.2) is 60.7 Å². The van der Waals surface area contributed by atoms with Crippen molar-refractivity contribution in [2.24, 2.45) is 28.6 Å². The van der Waals surface area contributed by atoms with E-state index in [2.05, 4.69) is 95.3 Å². The largest absolute Gasteiger partial charge is 0.407 e. The number of benzene rings is 2. The van der Waals surface area contributed by atoms with Gasteiger partial charge in [-0.25, -0.2) is 0 Å². The van der Waals surface area contributed by atoms with Crippen molar-refractivity contribution in [3.63, 3.8) is 0 Å². The Kier molecular flexibility index (Phi) is 8.53. The number of hydrogen-bond acceptors (Lipinski definition) is 5. The smallest absolute Gasteiger partial charge is 0.261 e. The van der Waals surface area contributed by atoms with Crippen molar-refractivity contribution in [1.82, 2.24) is 0 Å². The number of rotatable bonds is 7. The molecule has 1 heterocycles. The molecule has 5 nitrogen and oxygen atoms in total. The maximum absolute atomic E-state index is 11.5. The van der Waals surface area contributed by atoms with Crippen LogP contribution in [0.3, 0.4) is 0 Å². The van der Waals surface area contributed by atoms with Gasteiger partial charge < -0.3 is 24.1 Å². The van der Waals surface area contributed by atoms with E-state index in [0.29, 0.717) is 44.0 Å². The molecule has 0 aromatic heterocycles. The van der Waals surface area contributed by atoms with E-state index in [-0.39, 0.29) is 15.9 Å². The molecule has 0 radical (unpaired) electrons. The van der Waals surface area contributed by atoms with Gasteiger partial charge in [-0.05, 0) is 83.5 Å². The maximum atomic E-state index is 11.5. The molecule has 6 heteroatoms. The van der Waals surface area contributed by atoms with Crippen LogP contribution in [0.1, 0.15) is 86.0 Å². The van der Waals surface area contributed by atoms with E-state index in [1.54, 1.807) is 0 Å². The van der Waals surface area contributed by atoms with Crippen LogP contribution in [0.25, 0.3) is 0 Å². The van der Waals surface area contributed by atoms with Crippen LogP contribution in [-0.4, -0.2) is 56.3 Å². The van der Waals surface area contributed by atoms with Gasteiger partial charge in [0.05, 0.1) is 25.4 Å². The van der Waals surface area contributed by atoms with Crippen LogP contribution < -0.4 is 10.4 Å². The Balaban J connectivity index is 1.35. The number of ether oxygens (including phenoxy) is 2. The van der Waals surface area contributed by atoms with Crippen LogP contribution >= 0.6 is 0 Å². The Bertz CT molecular complexity index is 1190. The molecule has 2 aromatic carbocycles. The van der Waals surface area contributed by atoms with Gasteiger partial charge in [0.1, 0.15) is 0 Å². The Morgan fingerprint density at radius 3 is 1.95 bits per heavy atom. The van der Waals surface area contributed by atoms with Gasteiger partial charge in [0.25, 0.3) is 8.32 Å². The summed E-state index contributed by atoms with van der Waals surface area (Å²) < 4.78 is 20.4. The third-order valence-corrected chi connectivity index (χ3v) is 17.6. The Hall–Kier alpha value is -1.54. The van der Waals surface area contributed by atoms with Crippen LogP contribution in [0.4, 0.5) is 0 Å². The zero-order valence-corrected chi connectivity index (χ0v) is 28.1. The topological polar surface area (TPSA) is 68.2 Å². The third kappa shape index (κ3) is 5.09. The van der Waals surface area contributed by atoms with Gasteiger partial charge >= 0.3 is 0 Å². The minimum absolute atomic E-state index is 0.0441. The highest BCUT2D eigenvalue weighted by atomic mass is 28.4. The molecular weight excluding hydrogens is 552 g/mol. The third-order valence-electron chi connectivity index (χ3n) is 12.5. The van der Waals surface area contributed by atoms with E-state index in [4.69, 9.17) is 13.9 Å². The zero-order chi connectivity index (χ0) is 30.5. The monoisotopic (exact) mass is 606 g/mol. The molecule has 2 N–H and O–H groups in total. The molecule has 4 fully saturated rings. The highest BCUT2D eigenvalue weighted by molar-refractivity contribution is 6.99. The number of hydrogen-bond donors (Lipinski definition) is 2. The second kappa shape index (κ2) is 11.7. The first-order valence-corrected chi connectivity index (χ1v) is 18.8. The number of aliphatic hydroxyl groups is 2. The molecule has 6 rings (SSSR count). The Morgan fingerprint density at radius 1 is 0.814 bits per heavy atom. The van der Waals surface area contributed by atoms with Crippen LogP contribution in [0.2, 0.25) is 5.04 Å². The van der Waals surface area contributed by atoms with Crippen molar-refractivity contribution in [3.8, 4) is 0 Å². The molecule has 3 aliphatic carbocycles. The van der Waals surface area contributed by atoms with E-state index in [1.807, 2.05) is 0 Å². The van der Waals surface area contributed by atoms with E-state index >= 15 is 0 Å². The van der Waals surface area contributed by atoms with Crippen LogP contribution in [0.5, 0.6) is 0 Å². The molecule has 2 aromatic rings. The summed E-state index contributed by atoms with van der Waals surface area (Å²) in [4.78, 5) is 0. The summed E-state index contributed by atoms with van der Waals surface area (Å²) in [6.45, 7) is 13.8. The second-order valence-corrected chi connectivity index (χ2v) is 19.9. The first-order valence-electron chi connectivity index (χ1n) is 16.9. The second-order valence-electron chi connectivity index (χ2n) is 15.6. The van der Waals surface area contributed by atoms with Crippen molar-refractivity contribution in [3.05, 3.63) is 60.7 Å². The van der Waals surface area contributed by atoms with Crippen LogP contribution in [0, 0.1) is 28.6 Å².